The fourth-order valence-corrected chi connectivity index (χ4v) is 9.07. The second-order valence-electron chi connectivity index (χ2n) is 17.0. The van der Waals surface area contributed by atoms with Gasteiger partial charge in [0.2, 0.25) is 0 Å². The summed E-state index contributed by atoms with van der Waals surface area (Å²) in [5.41, 5.74) is 0. The molecule has 8 heteroatoms. The van der Waals surface area contributed by atoms with Gasteiger partial charge in [-0.05, 0) is 40.5 Å². The average molecular weight is 811 g/mol. The normalized spacial score (nSPS) is 12.9. The van der Waals surface area contributed by atoms with Crippen molar-refractivity contribution in [1.82, 2.24) is 4.67 Å². The van der Waals surface area contributed by atoms with Gasteiger partial charge in [-0.25, -0.2) is 4.67 Å². The van der Waals surface area contributed by atoms with Gasteiger partial charge in [0, 0.05) is 25.1 Å². The Kier molecular flexibility index (Phi) is 43.2. The summed E-state index contributed by atoms with van der Waals surface area (Å²) in [5, 5.41) is 9.09. The lowest BCUT2D eigenvalue weighted by molar-refractivity contribution is -0.154. The fourth-order valence-electron chi connectivity index (χ4n) is 7.43. The van der Waals surface area contributed by atoms with Gasteiger partial charge in [-0.2, -0.15) is 5.26 Å². The van der Waals surface area contributed by atoms with Crippen LogP contribution in [0.15, 0.2) is 0 Å². The molecule has 0 fully saturated rings. The molecule has 0 N–H and O–H groups in total. The molecule has 1 unspecified atom stereocenters. The Labute approximate surface area is 350 Å². The van der Waals surface area contributed by atoms with Crippen LogP contribution in [0.2, 0.25) is 0 Å². The van der Waals surface area contributed by atoms with Gasteiger partial charge in [-0.1, -0.05) is 200 Å². The van der Waals surface area contributed by atoms with Crippen molar-refractivity contribution >= 4 is 14.5 Å². The molecule has 2 atom stereocenters. The number of nitriles is 1. The third-order valence-corrected chi connectivity index (χ3v) is 12.8. The molecule has 0 aliphatic carbocycles. The summed E-state index contributed by atoms with van der Waals surface area (Å²) < 4.78 is 26.7. The molecule has 0 amide bonds. The smallest absolute Gasteiger partial charge is 0.306 e. The van der Waals surface area contributed by atoms with E-state index in [1.807, 2.05) is 0 Å². The maximum absolute atomic E-state index is 13.0. The minimum atomic E-state index is -1.41. The lowest BCUT2D eigenvalue weighted by atomic mass is 10.0. The second-order valence-corrected chi connectivity index (χ2v) is 18.5. The highest BCUT2D eigenvalue weighted by atomic mass is 31.2. The lowest BCUT2D eigenvalue weighted by Crippen LogP contribution is -2.35. The average Bonchev–Trinajstić information content (AvgIpc) is 3.17. The number of hydrogen-bond donors (Lipinski definition) is 0. The van der Waals surface area contributed by atoms with Gasteiger partial charge in [-0.3, -0.25) is 4.79 Å². The SMILES string of the molecule is CCCCCCCCCCCCCCCCCCOC[C@@H](COP(OCCC#N)N(C(C)C)C(C)C)OC(=O)CCCCCCCCCCCCCCCCC. The van der Waals surface area contributed by atoms with E-state index in [4.69, 9.17) is 23.8 Å². The predicted octanol–water partition coefficient (Wildman–Crippen LogP) is 15.7. The van der Waals surface area contributed by atoms with Crippen LogP contribution in [0.5, 0.6) is 0 Å². The molecule has 0 saturated heterocycles. The topological polar surface area (TPSA) is 81.0 Å². The van der Waals surface area contributed by atoms with E-state index in [0.717, 1.165) is 19.3 Å². The molecule has 0 aliphatic heterocycles. The maximum atomic E-state index is 13.0. The number of esters is 1. The number of unbranched alkanes of at least 4 members (excludes halogenated alkanes) is 29. The first-order valence-electron chi connectivity index (χ1n) is 24.4. The van der Waals surface area contributed by atoms with Crippen LogP contribution < -0.4 is 0 Å². The summed E-state index contributed by atoms with van der Waals surface area (Å²) in [6.45, 7) is 14.6. The molecule has 0 saturated carbocycles. The number of hydrogen-bond acceptors (Lipinski definition) is 7. The summed E-state index contributed by atoms with van der Waals surface area (Å²) in [6, 6.07) is 2.58. The van der Waals surface area contributed by atoms with Crippen molar-refractivity contribution in [3.63, 3.8) is 0 Å². The van der Waals surface area contributed by atoms with Crippen molar-refractivity contribution in [3.05, 3.63) is 0 Å². The number of ether oxygens (including phenoxy) is 2. The summed E-state index contributed by atoms with van der Waals surface area (Å²) in [4.78, 5) is 13.0. The van der Waals surface area contributed by atoms with Crippen LogP contribution in [0.25, 0.3) is 0 Å². The number of rotatable bonds is 45. The van der Waals surface area contributed by atoms with Crippen LogP contribution >= 0.6 is 8.53 Å². The Bertz CT molecular complexity index is 846. The predicted molar refractivity (Wildman–Crippen MR) is 241 cm³/mol. The zero-order valence-corrected chi connectivity index (χ0v) is 39.2. The molecule has 0 heterocycles. The summed E-state index contributed by atoms with van der Waals surface area (Å²) in [5.74, 6) is -0.168. The molecule has 0 bridgehead atoms. The summed E-state index contributed by atoms with van der Waals surface area (Å²) in [6.07, 6.45) is 41.3. The van der Waals surface area contributed by atoms with Crippen molar-refractivity contribution in [3.8, 4) is 6.07 Å². The van der Waals surface area contributed by atoms with Crippen LogP contribution in [0.1, 0.15) is 253 Å². The second kappa shape index (κ2) is 43.8. The quantitative estimate of drug-likeness (QED) is 0.0344. The van der Waals surface area contributed by atoms with E-state index in [1.54, 1.807) is 0 Å². The Morgan fingerprint density at radius 3 is 1.27 bits per heavy atom. The largest absolute Gasteiger partial charge is 0.457 e. The minimum absolute atomic E-state index is 0.168. The molecule has 0 aliphatic rings. The molecule has 0 rings (SSSR count). The molecule has 0 radical (unpaired) electrons. The number of carbonyl (C=O) groups is 1. The third-order valence-electron chi connectivity index (χ3n) is 10.8. The van der Waals surface area contributed by atoms with Crippen molar-refractivity contribution in [2.24, 2.45) is 0 Å². The van der Waals surface area contributed by atoms with E-state index in [0.29, 0.717) is 32.7 Å². The van der Waals surface area contributed by atoms with Crippen molar-refractivity contribution in [2.75, 3.05) is 26.4 Å². The van der Waals surface area contributed by atoms with Crippen LogP contribution in [0.3, 0.4) is 0 Å². The standard InChI is InChI=1S/C48H95N2O5P/c1-7-9-11-13-15-17-19-21-23-25-27-29-31-33-35-37-41-52-43-47(44-54-56(53-42-38-40-49)50(45(3)4)46(5)6)55-48(51)39-36-34-32-30-28-26-24-22-20-18-16-14-12-10-8-2/h45-47H,7-39,41-44H2,1-6H3/t47-,56?/m0/s1. The first-order valence-corrected chi connectivity index (χ1v) is 25.5. The number of nitrogens with zero attached hydrogens (tertiary/aromatic N) is 2. The van der Waals surface area contributed by atoms with Gasteiger partial charge in [0.25, 0.3) is 8.53 Å². The molecule has 0 aromatic heterocycles. The van der Waals surface area contributed by atoms with Crippen LogP contribution in [-0.4, -0.2) is 55.3 Å². The molecule has 7 nitrogen and oxygen atoms in total. The van der Waals surface area contributed by atoms with Crippen LogP contribution in [0.4, 0.5) is 0 Å². The summed E-state index contributed by atoms with van der Waals surface area (Å²) >= 11 is 0. The Morgan fingerprint density at radius 1 is 0.518 bits per heavy atom. The molecule has 332 valence electrons. The summed E-state index contributed by atoms with van der Waals surface area (Å²) in [7, 11) is -1.41. The first kappa shape index (κ1) is 55.2. The zero-order valence-electron chi connectivity index (χ0n) is 38.3. The van der Waals surface area contributed by atoms with E-state index < -0.39 is 14.6 Å². The number of carbonyl (C=O) groups excluding carboxylic acids is 1. The molecule has 0 aromatic carbocycles. The van der Waals surface area contributed by atoms with E-state index in [-0.39, 0.29) is 24.7 Å². The highest BCUT2D eigenvalue weighted by Gasteiger charge is 2.29. The molecular formula is C48H95N2O5P. The van der Waals surface area contributed by atoms with Gasteiger partial charge in [0.15, 0.2) is 0 Å². The molecule has 0 aromatic rings. The third kappa shape index (κ3) is 37.5. The fraction of sp³-hybridized carbons (Fsp3) is 0.958. The van der Waals surface area contributed by atoms with E-state index in [2.05, 4.69) is 52.3 Å². The first-order chi connectivity index (χ1) is 27.4. The van der Waals surface area contributed by atoms with E-state index in [1.165, 1.54) is 180 Å². The lowest BCUT2D eigenvalue weighted by Gasteiger charge is -2.36. The van der Waals surface area contributed by atoms with Gasteiger partial charge in [0.1, 0.15) is 6.10 Å². The van der Waals surface area contributed by atoms with Gasteiger partial charge < -0.3 is 18.5 Å². The van der Waals surface area contributed by atoms with Crippen LogP contribution in [-0.2, 0) is 23.3 Å². The van der Waals surface area contributed by atoms with Gasteiger partial charge in [0.05, 0.1) is 32.3 Å². The Balaban J connectivity index is 4.47. The van der Waals surface area contributed by atoms with Crippen molar-refractivity contribution in [1.29, 1.82) is 5.26 Å². The zero-order chi connectivity index (χ0) is 41.2. The maximum Gasteiger partial charge on any atom is 0.306 e. The van der Waals surface area contributed by atoms with Crippen molar-refractivity contribution in [2.45, 2.75) is 272 Å². The monoisotopic (exact) mass is 811 g/mol. The highest BCUT2D eigenvalue weighted by molar-refractivity contribution is 7.44. The van der Waals surface area contributed by atoms with Crippen molar-refractivity contribution < 1.29 is 23.3 Å². The van der Waals surface area contributed by atoms with E-state index in [9.17, 15) is 4.79 Å². The van der Waals surface area contributed by atoms with E-state index >= 15 is 0 Å². The molecular weight excluding hydrogens is 716 g/mol. The Morgan fingerprint density at radius 2 is 0.893 bits per heavy atom. The van der Waals surface area contributed by atoms with Gasteiger partial charge in [-0.15, -0.1) is 0 Å². The highest BCUT2D eigenvalue weighted by Crippen LogP contribution is 2.46. The Hall–Kier alpha value is -0.770. The minimum Gasteiger partial charge on any atom is -0.457 e. The molecule has 56 heavy (non-hydrogen) atoms. The van der Waals surface area contributed by atoms with Crippen LogP contribution in [0, 0.1) is 11.3 Å². The molecule has 0 spiro atoms. The van der Waals surface area contributed by atoms with Gasteiger partial charge >= 0.3 is 5.97 Å².